The highest BCUT2D eigenvalue weighted by atomic mass is 16.5. The second-order valence-electron chi connectivity index (χ2n) is 5.21. The molecule has 0 aliphatic carbocycles. The van der Waals surface area contributed by atoms with Gasteiger partial charge in [-0.2, -0.15) is 0 Å². The van der Waals surface area contributed by atoms with E-state index in [0.29, 0.717) is 23.8 Å². The zero-order valence-electron chi connectivity index (χ0n) is 12.7. The second-order valence-corrected chi connectivity index (χ2v) is 5.21. The van der Waals surface area contributed by atoms with Crippen molar-refractivity contribution in [2.45, 2.75) is 46.5 Å². The highest BCUT2D eigenvalue weighted by Gasteiger charge is 2.12. The smallest absolute Gasteiger partial charge is 0.173 e. The van der Waals surface area contributed by atoms with E-state index in [1.54, 1.807) is 0 Å². The van der Waals surface area contributed by atoms with Crippen molar-refractivity contribution in [2.75, 3.05) is 6.61 Å². The lowest BCUT2D eigenvalue weighted by atomic mass is 10.0. The van der Waals surface area contributed by atoms with Gasteiger partial charge in [0.05, 0.1) is 12.2 Å². The molecule has 0 heterocycles. The van der Waals surface area contributed by atoms with E-state index in [9.17, 15) is 0 Å². The summed E-state index contributed by atoms with van der Waals surface area (Å²) in [4.78, 5) is 0. The fourth-order valence-corrected chi connectivity index (χ4v) is 2.13. The number of amidine groups is 1. The number of nitrogens with zero attached hydrogens (tertiary/aromatic N) is 1. The van der Waals surface area contributed by atoms with Gasteiger partial charge in [-0.05, 0) is 31.4 Å². The Labute approximate surface area is 121 Å². The standard InChI is InChI=1S/C16H26N2O2/c1-4-6-7-13(5-2)11-20-15-9-8-12(3)10-14(15)16(17)18-19/h8-10,13,19H,4-7,11H2,1-3H3,(H2,17,18). The van der Waals surface area contributed by atoms with Crippen LogP contribution in [0.4, 0.5) is 0 Å². The largest absolute Gasteiger partial charge is 0.493 e. The molecule has 0 amide bonds. The lowest BCUT2D eigenvalue weighted by Crippen LogP contribution is -2.17. The maximum Gasteiger partial charge on any atom is 0.173 e. The third kappa shape index (κ3) is 4.76. The van der Waals surface area contributed by atoms with Crippen LogP contribution in [0.2, 0.25) is 0 Å². The Kier molecular flexibility index (Phi) is 6.91. The van der Waals surface area contributed by atoms with Gasteiger partial charge in [0.25, 0.3) is 0 Å². The van der Waals surface area contributed by atoms with Crippen molar-refractivity contribution in [3.63, 3.8) is 0 Å². The molecule has 0 aliphatic rings. The molecular formula is C16H26N2O2. The molecule has 1 rings (SSSR count). The predicted molar refractivity (Wildman–Crippen MR) is 82.5 cm³/mol. The summed E-state index contributed by atoms with van der Waals surface area (Å²) in [5.74, 6) is 1.32. The summed E-state index contributed by atoms with van der Waals surface area (Å²) in [6.45, 7) is 7.02. The monoisotopic (exact) mass is 278 g/mol. The molecule has 1 atom stereocenters. The molecule has 20 heavy (non-hydrogen) atoms. The van der Waals surface area contributed by atoms with Crippen LogP contribution in [0.15, 0.2) is 23.4 Å². The summed E-state index contributed by atoms with van der Waals surface area (Å²) in [7, 11) is 0. The lowest BCUT2D eigenvalue weighted by molar-refractivity contribution is 0.232. The Morgan fingerprint density at radius 1 is 1.40 bits per heavy atom. The molecule has 0 bridgehead atoms. The van der Waals surface area contributed by atoms with Crippen molar-refractivity contribution in [1.29, 1.82) is 0 Å². The van der Waals surface area contributed by atoms with Crippen LogP contribution < -0.4 is 10.5 Å². The number of oxime groups is 1. The molecule has 0 saturated carbocycles. The predicted octanol–water partition coefficient (Wildman–Crippen LogP) is 3.68. The van der Waals surface area contributed by atoms with Crippen LogP contribution in [0, 0.1) is 12.8 Å². The number of hydrogen-bond donors (Lipinski definition) is 2. The highest BCUT2D eigenvalue weighted by Crippen LogP contribution is 2.22. The zero-order chi connectivity index (χ0) is 15.0. The van der Waals surface area contributed by atoms with Gasteiger partial charge in [0.15, 0.2) is 5.84 Å². The van der Waals surface area contributed by atoms with E-state index in [2.05, 4.69) is 19.0 Å². The maximum absolute atomic E-state index is 8.85. The van der Waals surface area contributed by atoms with Crippen molar-refractivity contribution >= 4 is 5.84 Å². The van der Waals surface area contributed by atoms with E-state index < -0.39 is 0 Å². The zero-order valence-corrected chi connectivity index (χ0v) is 12.7. The van der Waals surface area contributed by atoms with Gasteiger partial charge in [0.1, 0.15) is 5.75 Å². The summed E-state index contributed by atoms with van der Waals surface area (Å²) in [6.07, 6.45) is 4.71. The molecule has 0 fully saturated rings. The molecule has 1 aromatic rings. The summed E-state index contributed by atoms with van der Waals surface area (Å²) in [6, 6.07) is 5.73. The quantitative estimate of drug-likeness (QED) is 0.330. The van der Waals surface area contributed by atoms with Gasteiger partial charge >= 0.3 is 0 Å². The molecule has 0 spiro atoms. The summed E-state index contributed by atoms with van der Waals surface area (Å²) in [5, 5.41) is 11.9. The van der Waals surface area contributed by atoms with Crippen molar-refractivity contribution in [2.24, 2.45) is 16.8 Å². The van der Waals surface area contributed by atoms with Crippen LogP contribution in [0.25, 0.3) is 0 Å². The topological polar surface area (TPSA) is 67.8 Å². The first kappa shape index (κ1) is 16.3. The molecule has 0 radical (unpaired) electrons. The number of hydrogen-bond acceptors (Lipinski definition) is 3. The molecule has 112 valence electrons. The minimum atomic E-state index is 0.0882. The first-order valence-electron chi connectivity index (χ1n) is 7.33. The van der Waals surface area contributed by atoms with E-state index >= 15 is 0 Å². The normalized spacial score (nSPS) is 13.2. The Morgan fingerprint density at radius 2 is 2.15 bits per heavy atom. The number of rotatable bonds is 8. The van der Waals surface area contributed by atoms with Gasteiger partial charge in [-0.1, -0.05) is 49.9 Å². The number of aryl methyl sites for hydroxylation is 1. The van der Waals surface area contributed by atoms with E-state index in [4.69, 9.17) is 15.7 Å². The number of nitrogens with two attached hydrogens (primary N) is 1. The van der Waals surface area contributed by atoms with Crippen molar-refractivity contribution < 1.29 is 9.94 Å². The molecule has 4 nitrogen and oxygen atoms in total. The van der Waals surface area contributed by atoms with Gasteiger partial charge in [0.2, 0.25) is 0 Å². The average Bonchev–Trinajstić information content (AvgIpc) is 2.47. The fraction of sp³-hybridized carbons (Fsp3) is 0.562. The first-order valence-corrected chi connectivity index (χ1v) is 7.33. The van der Waals surface area contributed by atoms with Crippen LogP contribution in [0.3, 0.4) is 0 Å². The Hall–Kier alpha value is -1.71. The van der Waals surface area contributed by atoms with Crippen LogP contribution in [0.1, 0.15) is 50.7 Å². The maximum atomic E-state index is 8.85. The first-order chi connectivity index (χ1) is 9.62. The van der Waals surface area contributed by atoms with E-state index in [1.165, 1.54) is 19.3 Å². The van der Waals surface area contributed by atoms with E-state index in [0.717, 1.165) is 12.0 Å². The van der Waals surface area contributed by atoms with Crippen LogP contribution >= 0.6 is 0 Å². The second kappa shape index (κ2) is 8.46. The number of ether oxygens (including phenoxy) is 1. The minimum absolute atomic E-state index is 0.0882. The minimum Gasteiger partial charge on any atom is -0.493 e. The summed E-state index contributed by atoms with van der Waals surface area (Å²) >= 11 is 0. The molecule has 0 aromatic heterocycles. The summed E-state index contributed by atoms with van der Waals surface area (Å²) in [5.41, 5.74) is 7.41. The van der Waals surface area contributed by atoms with E-state index in [1.807, 2.05) is 25.1 Å². The lowest BCUT2D eigenvalue weighted by Gasteiger charge is -2.17. The number of benzene rings is 1. The van der Waals surface area contributed by atoms with E-state index in [-0.39, 0.29) is 5.84 Å². The highest BCUT2D eigenvalue weighted by molar-refractivity contribution is 5.99. The summed E-state index contributed by atoms with van der Waals surface area (Å²) < 4.78 is 5.89. The molecule has 3 N–H and O–H groups in total. The molecular weight excluding hydrogens is 252 g/mol. The van der Waals surface area contributed by atoms with Gasteiger partial charge in [-0.3, -0.25) is 0 Å². The van der Waals surface area contributed by atoms with Crippen molar-refractivity contribution in [3.8, 4) is 5.75 Å². The Morgan fingerprint density at radius 3 is 2.75 bits per heavy atom. The Balaban J connectivity index is 2.76. The SMILES string of the molecule is CCCCC(CC)COc1ccc(C)cc1/C(N)=N/O. The van der Waals surface area contributed by atoms with Crippen LogP contribution in [-0.2, 0) is 0 Å². The average molecular weight is 278 g/mol. The van der Waals surface area contributed by atoms with Gasteiger partial charge < -0.3 is 15.7 Å². The third-order valence-electron chi connectivity index (χ3n) is 3.54. The molecule has 1 unspecified atom stereocenters. The van der Waals surface area contributed by atoms with Crippen molar-refractivity contribution in [1.82, 2.24) is 0 Å². The third-order valence-corrected chi connectivity index (χ3v) is 3.54. The number of unbranched alkanes of at least 4 members (excludes halogenated alkanes) is 1. The van der Waals surface area contributed by atoms with Crippen molar-refractivity contribution in [3.05, 3.63) is 29.3 Å². The molecule has 0 saturated heterocycles. The fourth-order valence-electron chi connectivity index (χ4n) is 2.13. The van der Waals surface area contributed by atoms with Crippen LogP contribution in [0.5, 0.6) is 5.75 Å². The molecule has 0 aliphatic heterocycles. The Bertz CT molecular complexity index is 444. The van der Waals surface area contributed by atoms with Gasteiger partial charge in [-0.25, -0.2) is 0 Å². The molecule has 1 aromatic carbocycles. The van der Waals surface area contributed by atoms with Gasteiger partial charge in [-0.15, -0.1) is 0 Å². The van der Waals surface area contributed by atoms with Crippen LogP contribution in [-0.4, -0.2) is 17.6 Å². The molecule has 4 heteroatoms. The van der Waals surface area contributed by atoms with Gasteiger partial charge in [0, 0.05) is 0 Å².